The van der Waals surface area contributed by atoms with Crippen molar-refractivity contribution in [3.63, 3.8) is 0 Å². The third kappa shape index (κ3) is 5.61. The third-order valence-corrected chi connectivity index (χ3v) is 4.92. The van der Waals surface area contributed by atoms with Gasteiger partial charge < -0.3 is 16.0 Å². The van der Waals surface area contributed by atoms with Gasteiger partial charge in [-0.3, -0.25) is 4.79 Å². The molecule has 1 unspecified atom stereocenters. The summed E-state index contributed by atoms with van der Waals surface area (Å²) in [6.07, 6.45) is 0. The van der Waals surface area contributed by atoms with Crippen molar-refractivity contribution < 1.29 is 22.4 Å². The maximum Gasteiger partial charge on any atom is 0.258 e. The summed E-state index contributed by atoms with van der Waals surface area (Å²) in [5, 5.41) is 8.92. The van der Waals surface area contributed by atoms with Gasteiger partial charge in [-0.15, -0.1) is 0 Å². The second-order valence-electron chi connectivity index (χ2n) is 7.10. The fraction of sp³-hybridized carbons (Fsp3) is 0.130. The van der Waals surface area contributed by atoms with Crippen molar-refractivity contribution in [3.05, 3.63) is 94.6 Å². The second kappa shape index (κ2) is 9.78. The molecule has 0 aliphatic carbocycles. The van der Waals surface area contributed by atoms with Crippen LogP contribution in [-0.2, 0) is 0 Å². The highest BCUT2D eigenvalue weighted by Gasteiger charge is 2.17. The number of anilines is 2. The maximum atomic E-state index is 13.8. The summed E-state index contributed by atoms with van der Waals surface area (Å²) in [6.45, 7) is 3.65. The number of benzene rings is 3. The average Bonchev–Trinajstić information content (AvgIpc) is 2.73. The number of carbonyl (C=O) groups is 1. The Morgan fingerprint density at radius 2 is 1.53 bits per heavy atom. The summed E-state index contributed by atoms with van der Waals surface area (Å²) in [7, 11) is 0. The van der Waals surface area contributed by atoms with E-state index in [1.54, 1.807) is 37.3 Å². The molecule has 1 amide bonds. The summed E-state index contributed by atoms with van der Waals surface area (Å²) in [5.74, 6) is -5.08. The third-order valence-electron chi connectivity index (χ3n) is 4.70. The maximum absolute atomic E-state index is 13.8. The number of carbonyl (C=O) groups excluding carboxylic acids is 1. The Hall–Kier alpha value is -3.46. The molecule has 0 saturated carbocycles. The molecule has 3 aromatic rings. The van der Waals surface area contributed by atoms with Crippen LogP contribution in [0.15, 0.2) is 54.6 Å². The predicted octanol–water partition coefficient (Wildman–Crippen LogP) is 5.85. The minimum absolute atomic E-state index is 0.166. The van der Waals surface area contributed by atoms with Crippen molar-refractivity contribution in [1.82, 2.24) is 5.32 Å². The number of thiocarbonyl (C=S) groups is 1. The molecule has 0 aromatic heterocycles. The van der Waals surface area contributed by atoms with Crippen molar-refractivity contribution >= 4 is 34.6 Å². The first-order valence-corrected chi connectivity index (χ1v) is 9.94. The van der Waals surface area contributed by atoms with Crippen molar-refractivity contribution in [2.75, 3.05) is 10.6 Å². The van der Waals surface area contributed by atoms with Gasteiger partial charge in [0.1, 0.15) is 11.6 Å². The summed E-state index contributed by atoms with van der Waals surface area (Å²) in [5.41, 5.74) is 1.96. The summed E-state index contributed by atoms with van der Waals surface area (Å²) < 4.78 is 53.3. The Labute approximate surface area is 187 Å². The number of hydrogen-bond donors (Lipinski definition) is 3. The van der Waals surface area contributed by atoms with E-state index >= 15 is 0 Å². The van der Waals surface area contributed by atoms with Gasteiger partial charge in [0, 0.05) is 17.4 Å². The second-order valence-corrected chi connectivity index (χ2v) is 7.51. The molecular formula is C23H19F4N3OS. The molecule has 0 aliphatic heterocycles. The molecule has 0 fully saturated rings. The van der Waals surface area contributed by atoms with Gasteiger partial charge in [-0.1, -0.05) is 12.1 Å². The monoisotopic (exact) mass is 461 g/mol. The fourth-order valence-electron chi connectivity index (χ4n) is 2.97. The summed E-state index contributed by atoms with van der Waals surface area (Å²) in [6, 6.07) is 11.5. The Morgan fingerprint density at radius 1 is 0.875 bits per heavy atom. The van der Waals surface area contributed by atoms with Gasteiger partial charge in [0.25, 0.3) is 5.91 Å². The van der Waals surface area contributed by atoms with Gasteiger partial charge in [0.2, 0.25) is 0 Å². The Bertz CT molecular complexity index is 1170. The minimum Gasteiger partial charge on any atom is -0.356 e. The Balaban J connectivity index is 1.64. The highest BCUT2D eigenvalue weighted by Crippen LogP contribution is 2.22. The van der Waals surface area contributed by atoms with Crippen LogP contribution in [-0.4, -0.2) is 11.0 Å². The van der Waals surface area contributed by atoms with Gasteiger partial charge in [0.15, 0.2) is 16.7 Å². The molecule has 0 aliphatic rings. The van der Waals surface area contributed by atoms with Crippen LogP contribution in [0.5, 0.6) is 0 Å². The fourth-order valence-corrected chi connectivity index (χ4v) is 3.25. The first-order valence-electron chi connectivity index (χ1n) is 9.53. The molecule has 0 saturated heterocycles. The lowest BCUT2D eigenvalue weighted by atomic mass is 10.1. The van der Waals surface area contributed by atoms with Crippen LogP contribution in [0.3, 0.4) is 0 Å². The lowest BCUT2D eigenvalue weighted by Crippen LogP contribution is -2.31. The van der Waals surface area contributed by atoms with E-state index in [4.69, 9.17) is 12.2 Å². The van der Waals surface area contributed by atoms with Crippen LogP contribution in [0.1, 0.15) is 34.5 Å². The van der Waals surface area contributed by atoms with Crippen molar-refractivity contribution in [3.8, 4) is 0 Å². The van der Waals surface area contributed by atoms with Crippen molar-refractivity contribution in [2.45, 2.75) is 19.9 Å². The number of hydrogen-bond acceptors (Lipinski definition) is 2. The molecule has 0 bridgehead atoms. The number of rotatable bonds is 5. The molecular weight excluding hydrogens is 442 g/mol. The van der Waals surface area contributed by atoms with Crippen molar-refractivity contribution in [1.29, 1.82) is 0 Å². The predicted molar refractivity (Wildman–Crippen MR) is 120 cm³/mol. The molecule has 3 N–H and O–H groups in total. The number of aryl methyl sites for hydroxylation is 1. The topological polar surface area (TPSA) is 53.2 Å². The normalized spacial score (nSPS) is 11.6. The largest absolute Gasteiger partial charge is 0.356 e. The van der Waals surface area contributed by atoms with E-state index in [0.29, 0.717) is 34.2 Å². The van der Waals surface area contributed by atoms with Gasteiger partial charge in [-0.25, -0.2) is 17.6 Å². The van der Waals surface area contributed by atoms with Gasteiger partial charge in [-0.2, -0.15) is 0 Å². The molecule has 166 valence electrons. The quantitative estimate of drug-likeness (QED) is 0.253. The molecule has 32 heavy (non-hydrogen) atoms. The van der Waals surface area contributed by atoms with Gasteiger partial charge in [0.05, 0.1) is 11.6 Å². The molecule has 1 atom stereocenters. The lowest BCUT2D eigenvalue weighted by Gasteiger charge is -2.18. The van der Waals surface area contributed by atoms with Gasteiger partial charge in [-0.05, 0) is 73.6 Å². The van der Waals surface area contributed by atoms with E-state index in [0.717, 1.165) is 5.56 Å². The van der Waals surface area contributed by atoms with E-state index in [1.165, 1.54) is 12.1 Å². The first kappa shape index (κ1) is 23.2. The zero-order valence-corrected chi connectivity index (χ0v) is 17.9. The average molecular weight is 461 g/mol. The molecule has 0 radical (unpaired) electrons. The van der Waals surface area contributed by atoms with Crippen LogP contribution < -0.4 is 16.0 Å². The zero-order chi connectivity index (χ0) is 23.4. The highest BCUT2D eigenvalue weighted by molar-refractivity contribution is 7.80. The van der Waals surface area contributed by atoms with Crippen LogP contribution >= 0.6 is 12.2 Å². The van der Waals surface area contributed by atoms with E-state index in [-0.39, 0.29) is 11.9 Å². The smallest absolute Gasteiger partial charge is 0.258 e. The molecule has 0 spiro atoms. The lowest BCUT2D eigenvalue weighted by molar-refractivity contribution is 0.102. The number of nitrogens with one attached hydrogen (secondary N) is 3. The molecule has 0 heterocycles. The minimum atomic E-state index is -1.37. The number of amides is 1. The van der Waals surface area contributed by atoms with E-state index in [1.807, 2.05) is 6.92 Å². The summed E-state index contributed by atoms with van der Waals surface area (Å²) >= 11 is 5.33. The first-order chi connectivity index (χ1) is 15.1. The van der Waals surface area contributed by atoms with E-state index in [9.17, 15) is 22.4 Å². The van der Waals surface area contributed by atoms with Crippen LogP contribution in [0.25, 0.3) is 0 Å². The summed E-state index contributed by atoms with van der Waals surface area (Å²) in [4.78, 5) is 12.2. The van der Waals surface area contributed by atoms with E-state index < -0.39 is 28.9 Å². The zero-order valence-electron chi connectivity index (χ0n) is 17.1. The van der Waals surface area contributed by atoms with Crippen LogP contribution in [0, 0.1) is 30.2 Å². The van der Waals surface area contributed by atoms with Gasteiger partial charge >= 0.3 is 0 Å². The molecule has 3 rings (SSSR count). The highest BCUT2D eigenvalue weighted by atomic mass is 32.1. The molecule has 3 aromatic carbocycles. The Kier molecular flexibility index (Phi) is 7.09. The van der Waals surface area contributed by atoms with Crippen LogP contribution in [0.2, 0.25) is 0 Å². The SMILES string of the molecule is Cc1cc(NC(=O)c2cc(F)c(F)cc2F)ccc1NC(=S)NC(C)c1ccc(F)cc1. The van der Waals surface area contributed by atoms with Crippen molar-refractivity contribution in [2.24, 2.45) is 0 Å². The molecule has 4 nitrogen and oxygen atoms in total. The van der Waals surface area contributed by atoms with E-state index in [2.05, 4.69) is 16.0 Å². The van der Waals surface area contributed by atoms with Crippen LogP contribution in [0.4, 0.5) is 28.9 Å². The molecule has 9 heteroatoms. The standard InChI is InChI=1S/C23H19F4N3OS/c1-12-9-16(29-22(31)17-10-19(26)20(27)11-18(17)25)7-8-21(12)30-23(32)28-13(2)14-3-5-15(24)6-4-14/h3-11,13H,1-2H3,(H,29,31)(H2,28,30,32). The Morgan fingerprint density at radius 3 is 2.19 bits per heavy atom. The number of halogens is 4.